The molecule has 1 fully saturated rings. The zero-order chi connectivity index (χ0) is 19.0. The average molecular weight is 369 g/mol. The van der Waals surface area contributed by atoms with Gasteiger partial charge in [-0.2, -0.15) is 0 Å². The van der Waals surface area contributed by atoms with Crippen molar-refractivity contribution in [2.24, 2.45) is 5.41 Å². The lowest BCUT2D eigenvalue weighted by Crippen LogP contribution is -2.35. The molecular weight excluding hydrogens is 344 g/mol. The van der Waals surface area contributed by atoms with Crippen molar-refractivity contribution in [3.05, 3.63) is 53.9 Å². The van der Waals surface area contributed by atoms with E-state index in [1.54, 1.807) is 30.6 Å². The van der Waals surface area contributed by atoms with Gasteiger partial charge in [0.1, 0.15) is 0 Å². The molecule has 0 radical (unpaired) electrons. The van der Waals surface area contributed by atoms with Gasteiger partial charge in [0.2, 0.25) is 0 Å². The van der Waals surface area contributed by atoms with Crippen LogP contribution in [0.15, 0.2) is 36.7 Å². The monoisotopic (exact) mass is 369 g/mol. The van der Waals surface area contributed by atoms with Gasteiger partial charge in [-0.25, -0.2) is 13.8 Å². The molecule has 0 saturated heterocycles. The van der Waals surface area contributed by atoms with Gasteiger partial charge in [0.15, 0.2) is 11.6 Å². The number of imidazole rings is 1. The van der Waals surface area contributed by atoms with Crippen LogP contribution in [0.25, 0.3) is 22.2 Å². The van der Waals surface area contributed by atoms with Crippen molar-refractivity contribution in [2.45, 2.75) is 52.1 Å². The van der Waals surface area contributed by atoms with Gasteiger partial charge in [-0.1, -0.05) is 32.0 Å². The highest BCUT2D eigenvalue weighted by atomic mass is 19.2. The normalized spacial score (nSPS) is 17.5. The molecule has 1 aliphatic carbocycles. The van der Waals surface area contributed by atoms with Crippen LogP contribution in [0, 0.1) is 17.0 Å². The van der Waals surface area contributed by atoms with Crippen molar-refractivity contribution >= 4 is 11.0 Å². The van der Waals surface area contributed by atoms with Crippen LogP contribution in [0.4, 0.5) is 8.78 Å². The first-order chi connectivity index (χ1) is 12.9. The van der Waals surface area contributed by atoms with E-state index in [1.807, 2.05) is 6.07 Å². The topological polar surface area (TPSA) is 40.7 Å². The van der Waals surface area contributed by atoms with Crippen LogP contribution in [0.5, 0.6) is 0 Å². The van der Waals surface area contributed by atoms with Crippen LogP contribution in [-0.2, 0) is 6.54 Å². The molecule has 1 heterocycles. The molecule has 4 rings (SSSR count). The third kappa shape index (κ3) is 3.74. The molecule has 0 amide bonds. The zero-order valence-corrected chi connectivity index (χ0v) is 15.8. The van der Waals surface area contributed by atoms with Crippen molar-refractivity contribution in [3.63, 3.8) is 0 Å². The molecular formula is C22H25F2N3. The number of nitrogens with zero attached hydrogens (tertiary/aromatic N) is 1. The molecule has 27 heavy (non-hydrogen) atoms. The Hall–Kier alpha value is -2.27. The van der Waals surface area contributed by atoms with Gasteiger partial charge >= 0.3 is 0 Å². The van der Waals surface area contributed by atoms with Gasteiger partial charge in [0.05, 0.1) is 17.4 Å². The third-order valence-corrected chi connectivity index (χ3v) is 5.82. The number of aromatic amines is 1. The average Bonchev–Trinajstić information content (AvgIpc) is 3.12. The number of hydrogen-bond acceptors (Lipinski definition) is 2. The van der Waals surface area contributed by atoms with Crippen LogP contribution >= 0.6 is 0 Å². The second-order valence-electron chi connectivity index (χ2n) is 8.35. The van der Waals surface area contributed by atoms with Crippen LogP contribution in [-0.4, -0.2) is 16.0 Å². The lowest BCUT2D eigenvalue weighted by Gasteiger charge is -2.34. The third-order valence-electron chi connectivity index (χ3n) is 5.82. The van der Waals surface area contributed by atoms with Crippen molar-refractivity contribution in [1.29, 1.82) is 0 Å². The summed E-state index contributed by atoms with van der Waals surface area (Å²) in [6, 6.07) is 9.10. The zero-order valence-electron chi connectivity index (χ0n) is 15.8. The van der Waals surface area contributed by atoms with Crippen molar-refractivity contribution in [3.8, 4) is 11.1 Å². The molecule has 0 bridgehead atoms. The molecule has 0 atom stereocenters. The molecule has 5 heteroatoms. The van der Waals surface area contributed by atoms with Crippen molar-refractivity contribution in [2.75, 3.05) is 0 Å². The van der Waals surface area contributed by atoms with E-state index in [1.165, 1.54) is 0 Å². The van der Waals surface area contributed by atoms with Gasteiger partial charge in [0, 0.05) is 23.7 Å². The summed E-state index contributed by atoms with van der Waals surface area (Å²) in [7, 11) is 0. The molecule has 3 aromatic rings. The van der Waals surface area contributed by atoms with E-state index in [4.69, 9.17) is 0 Å². The second kappa shape index (κ2) is 7.04. The maximum atomic E-state index is 14.7. The van der Waals surface area contributed by atoms with Gasteiger partial charge in [-0.3, -0.25) is 0 Å². The quantitative estimate of drug-likeness (QED) is 0.631. The predicted molar refractivity (Wildman–Crippen MR) is 104 cm³/mol. The number of H-pyrrole nitrogens is 1. The van der Waals surface area contributed by atoms with E-state index in [-0.39, 0.29) is 5.56 Å². The van der Waals surface area contributed by atoms with Crippen LogP contribution < -0.4 is 5.32 Å². The van der Waals surface area contributed by atoms with Crippen molar-refractivity contribution < 1.29 is 8.78 Å². The molecule has 1 saturated carbocycles. The number of nitrogens with one attached hydrogen (secondary N) is 2. The fourth-order valence-corrected chi connectivity index (χ4v) is 3.91. The van der Waals surface area contributed by atoms with Gasteiger partial charge in [-0.15, -0.1) is 0 Å². The van der Waals surface area contributed by atoms with Gasteiger partial charge < -0.3 is 10.3 Å². The van der Waals surface area contributed by atoms with Crippen molar-refractivity contribution in [1.82, 2.24) is 15.3 Å². The summed E-state index contributed by atoms with van der Waals surface area (Å²) in [4.78, 5) is 7.18. The van der Waals surface area contributed by atoms with E-state index >= 15 is 0 Å². The Morgan fingerprint density at radius 1 is 1.11 bits per heavy atom. The minimum atomic E-state index is -0.797. The van der Waals surface area contributed by atoms with E-state index < -0.39 is 11.6 Å². The van der Waals surface area contributed by atoms with Crippen LogP contribution in [0.1, 0.15) is 45.1 Å². The summed E-state index contributed by atoms with van der Waals surface area (Å²) in [5.41, 5.74) is 3.27. The van der Waals surface area contributed by atoms with E-state index in [2.05, 4.69) is 29.1 Å². The molecule has 1 aromatic heterocycles. The van der Waals surface area contributed by atoms with E-state index in [0.29, 0.717) is 29.1 Å². The Labute approximate surface area is 158 Å². The van der Waals surface area contributed by atoms with Crippen LogP contribution in [0.3, 0.4) is 0 Å². The highest BCUT2D eigenvalue weighted by Crippen LogP contribution is 2.35. The predicted octanol–water partition coefficient (Wildman–Crippen LogP) is 5.57. The first kappa shape index (κ1) is 18.1. The number of aromatic nitrogens is 2. The minimum absolute atomic E-state index is 0.264. The maximum Gasteiger partial charge on any atom is 0.166 e. The molecule has 2 aromatic carbocycles. The molecule has 142 valence electrons. The van der Waals surface area contributed by atoms with Gasteiger partial charge in [-0.05, 0) is 48.8 Å². The summed E-state index contributed by atoms with van der Waals surface area (Å²) in [6.45, 7) is 4.93. The summed E-state index contributed by atoms with van der Waals surface area (Å²) in [5, 5.41) is 3.40. The SMILES string of the molecule is CC1(C)CCC(NCc2ccc(-c3ccc4[nH]cnc4c3)c(F)c2F)CC1. The fraction of sp³-hybridized carbons (Fsp3) is 0.409. The first-order valence-electron chi connectivity index (χ1n) is 9.57. The molecule has 1 aliphatic rings. The van der Waals surface area contributed by atoms with Gasteiger partial charge in [0.25, 0.3) is 0 Å². The van der Waals surface area contributed by atoms with Crippen LogP contribution in [0.2, 0.25) is 0 Å². The molecule has 2 N–H and O–H groups in total. The minimum Gasteiger partial charge on any atom is -0.345 e. The summed E-state index contributed by atoms with van der Waals surface area (Å²) in [5.74, 6) is -1.56. The number of benzene rings is 2. The first-order valence-corrected chi connectivity index (χ1v) is 9.57. The molecule has 0 aliphatic heterocycles. The lowest BCUT2D eigenvalue weighted by molar-refractivity contribution is 0.205. The highest BCUT2D eigenvalue weighted by molar-refractivity contribution is 5.81. The summed E-state index contributed by atoms with van der Waals surface area (Å²) in [6.07, 6.45) is 6.08. The second-order valence-corrected chi connectivity index (χ2v) is 8.35. The number of rotatable bonds is 4. The Kier molecular flexibility index (Phi) is 4.72. The number of halogens is 2. The maximum absolute atomic E-state index is 14.7. The Balaban J connectivity index is 1.50. The smallest absolute Gasteiger partial charge is 0.166 e. The Morgan fingerprint density at radius 3 is 2.67 bits per heavy atom. The fourth-order valence-electron chi connectivity index (χ4n) is 3.91. The number of hydrogen-bond donors (Lipinski definition) is 2. The highest BCUT2D eigenvalue weighted by Gasteiger charge is 2.26. The molecule has 0 spiro atoms. The molecule has 0 unspecified atom stereocenters. The lowest BCUT2D eigenvalue weighted by atomic mass is 9.75. The van der Waals surface area contributed by atoms with E-state index in [0.717, 1.165) is 36.7 Å². The Bertz CT molecular complexity index is 951. The standard InChI is InChI=1S/C22H25F2N3/c1-22(2)9-7-16(8-10-22)25-12-15-3-5-17(21(24)20(15)23)14-4-6-18-19(11-14)27-13-26-18/h3-6,11,13,16,25H,7-10,12H2,1-2H3,(H,26,27). The summed E-state index contributed by atoms with van der Waals surface area (Å²) < 4.78 is 29.4. The largest absolute Gasteiger partial charge is 0.345 e. The van der Waals surface area contributed by atoms with E-state index in [9.17, 15) is 8.78 Å². The summed E-state index contributed by atoms with van der Waals surface area (Å²) >= 11 is 0. The number of fused-ring (bicyclic) bond motifs is 1. The molecule has 3 nitrogen and oxygen atoms in total. The Morgan fingerprint density at radius 2 is 1.89 bits per heavy atom.